The van der Waals surface area contributed by atoms with Crippen LogP contribution in [0.2, 0.25) is 0 Å². The number of hydrogen-bond donors (Lipinski definition) is 1. The Labute approximate surface area is 155 Å². The Hall–Kier alpha value is -2.34. The first kappa shape index (κ1) is 19.0. The highest BCUT2D eigenvalue weighted by Gasteiger charge is 2.09. The van der Waals surface area contributed by atoms with Crippen LogP contribution in [0.5, 0.6) is 5.75 Å². The number of rotatable bonds is 6. The van der Waals surface area contributed by atoms with E-state index in [0.29, 0.717) is 23.6 Å². The lowest BCUT2D eigenvalue weighted by molar-refractivity contribution is -0.118. The molecule has 0 aliphatic carbocycles. The van der Waals surface area contributed by atoms with Crippen molar-refractivity contribution >= 4 is 33.5 Å². The van der Waals surface area contributed by atoms with Gasteiger partial charge in [0.1, 0.15) is 5.75 Å². The molecule has 1 amide bonds. The van der Waals surface area contributed by atoms with Crippen LogP contribution in [-0.4, -0.2) is 25.1 Å². The fourth-order valence-electron chi connectivity index (χ4n) is 2.24. The first-order valence-electron chi connectivity index (χ1n) is 7.87. The summed E-state index contributed by atoms with van der Waals surface area (Å²) in [6, 6.07) is 10.3. The highest BCUT2D eigenvalue weighted by Crippen LogP contribution is 2.26. The van der Waals surface area contributed by atoms with Gasteiger partial charge in [0.15, 0.2) is 6.61 Å². The number of carbonyl (C=O) groups excluding carboxylic acids is 2. The highest BCUT2D eigenvalue weighted by atomic mass is 79.9. The maximum absolute atomic E-state index is 12.0. The summed E-state index contributed by atoms with van der Waals surface area (Å²) in [5.74, 6) is -0.0159. The van der Waals surface area contributed by atoms with Gasteiger partial charge in [0.05, 0.1) is 12.2 Å². The normalized spacial score (nSPS) is 10.2. The first-order chi connectivity index (χ1) is 11.9. The van der Waals surface area contributed by atoms with Crippen LogP contribution in [0.3, 0.4) is 0 Å². The minimum Gasteiger partial charge on any atom is -0.484 e. The molecule has 0 saturated heterocycles. The van der Waals surface area contributed by atoms with Gasteiger partial charge in [-0.1, -0.05) is 15.9 Å². The molecule has 2 rings (SSSR count). The molecule has 0 radical (unpaired) electrons. The predicted molar refractivity (Wildman–Crippen MR) is 100 cm³/mol. The van der Waals surface area contributed by atoms with Crippen LogP contribution < -0.4 is 10.1 Å². The second-order valence-electron chi connectivity index (χ2n) is 5.51. The summed E-state index contributed by atoms with van der Waals surface area (Å²) in [5, 5.41) is 2.73. The summed E-state index contributed by atoms with van der Waals surface area (Å²) in [5.41, 5.74) is 3.12. The molecule has 0 atom stereocenters. The van der Waals surface area contributed by atoms with Gasteiger partial charge in [-0.05, 0) is 68.3 Å². The Morgan fingerprint density at radius 3 is 2.24 bits per heavy atom. The molecule has 6 heteroatoms. The molecule has 0 heterocycles. The summed E-state index contributed by atoms with van der Waals surface area (Å²) in [6.07, 6.45) is 0. The van der Waals surface area contributed by atoms with Gasteiger partial charge in [-0.15, -0.1) is 0 Å². The molecular formula is C19H20BrNO4. The van der Waals surface area contributed by atoms with Crippen molar-refractivity contribution in [1.82, 2.24) is 0 Å². The predicted octanol–water partition coefficient (Wildman–Crippen LogP) is 4.26. The molecule has 2 aromatic rings. The summed E-state index contributed by atoms with van der Waals surface area (Å²) in [6.45, 7) is 5.91. The number of benzene rings is 2. The largest absolute Gasteiger partial charge is 0.484 e. The topological polar surface area (TPSA) is 64.6 Å². The van der Waals surface area contributed by atoms with Crippen molar-refractivity contribution in [3.05, 3.63) is 57.6 Å². The van der Waals surface area contributed by atoms with Gasteiger partial charge in [0.2, 0.25) is 0 Å². The number of esters is 1. The maximum Gasteiger partial charge on any atom is 0.338 e. The first-order valence-corrected chi connectivity index (χ1v) is 8.66. The van der Waals surface area contributed by atoms with Gasteiger partial charge >= 0.3 is 5.97 Å². The zero-order valence-corrected chi connectivity index (χ0v) is 16.0. The van der Waals surface area contributed by atoms with Crippen molar-refractivity contribution in [3.8, 4) is 5.75 Å². The van der Waals surface area contributed by atoms with Crippen LogP contribution in [0.4, 0.5) is 5.69 Å². The smallest absolute Gasteiger partial charge is 0.338 e. The summed E-state index contributed by atoms with van der Waals surface area (Å²) in [7, 11) is 0. The second kappa shape index (κ2) is 8.67. The lowest BCUT2D eigenvalue weighted by Crippen LogP contribution is -2.20. The Balaban J connectivity index is 1.91. The van der Waals surface area contributed by atoms with Crippen LogP contribution in [0.25, 0.3) is 0 Å². The molecule has 0 saturated carbocycles. The lowest BCUT2D eigenvalue weighted by atomic mass is 10.1. The quantitative estimate of drug-likeness (QED) is 0.729. The Morgan fingerprint density at radius 2 is 1.68 bits per heavy atom. The van der Waals surface area contributed by atoms with Gasteiger partial charge < -0.3 is 14.8 Å². The third kappa shape index (κ3) is 5.32. The van der Waals surface area contributed by atoms with Crippen LogP contribution in [0.1, 0.15) is 28.4 Å². The Morgan fingerprint density at radius 1 is 1.08 bits per heavy atom. The molecule has 0 aliphatic rings. The molecule has 5 nitrogen and oxygen atoms in total. The van der Waals surface area contributed by atoms with Crippen LogP contribution >= 0.6 is 15.9 Å². The van der Waals surface area contributed by atoms with E-state index in [1.54, 1.807) is 31.2 Å². The summed E-state index contributed by atoms with van der Waals surface area (Å²) in [4.78, 5) is 23.6. The molecule has 0 unspecified atom stereocenters. The fourth-order valence-corrected chi connectivity index (χ4v) is 2.47. The van der Waals surface area contributed by atoms with Gasteiger partial charge in [0, 0.05) is 10.2 Å². The molecule has 0 spiro atoms. The number of amides is 1. The molecular weight excluding hydrogens is 386 g/mol. The van der Waals surface area contributed by atoms with Crippen molar-refractivity contribution in [3.63, 3.8) is 0 Å². The zero-order valence-electron chi connectivity index (χ0n) is 14.4. The maximum atomic E-state index is 12.0. The SMILES string of the molecule is CCOC(=O)c1ccc(NC(=O)COc2cc(C)c(Br)c(C)c2)cc1. The zero-order chi connectivity index (χ0) is 18.4. The number of ether oxygens (including phenoxy) is 2. The number of hydrogen-bond acceptors (Lipinski definition) is 4. The minimum absolute atomic E-state index is 0.0971. The monoisotopic (exact) mass is 405 g/mol. The third-order valence-electron chi connectivity index (χ3n) is 3.46. The average molecular weight is 406 g/mol. The molecule has 1 N–H and O–H groups in total. The van der Waals surface area contributed by atoms with Crippen molar-refractivity contribution in [2.75, 3.05) is 18.5 Å². The lowest BCUT2D eigenvalue weighted by Gasteiger charge is -2.11. The van der Waals surface area contributed by atoms with E-state index in [1.807, 2.05) is 26.0 Å². The highest BCUT2D eigenvalue weighted by molar-refractivity contribution is 9.10. The van der Waals surface area contributed by atoms with Crippen LogP contribution in [0.15, 0.2) is 40.9 Å². The van der Waals surface area contributed by atoms with Gasteiger partial charge in [-0.3, -0.25) is 4.79 Å². The summed E-state index contributed by atoms with van der Waals surface area (Å²) >= 11 is 3.50. The van der Waals surface area contributed by atoms with E-state index in [0.717, 1.165) is 15.6 Å². The minimum atomic E-state index is -0.385. The van der Waals surface area contributed by atoms with E-state index >= 15 is 0 Å². The van der Waals surface area contributed by atoms with E-state index in [9.17, 15) is 9.59 Å². The van der Waals surface area contributed by atoms with E-state index < -0.39 is 0 Å². The van der Waals surface area contributed by atoms with Crippen LogP contribution in [-0.2, 0) is 9.53 Å². The van der Waals surface area contributed by atoms with E-state index in [2.05, 4.69) is 21.2 Å². The van der Waals surface area contributed by atoms with Gasteiger partial charge in [-0.2, -0.15) is 0 Å². The fraction of sp³-hybridized carbons (Fsp3) is 0.263. The molecule has 0 aromatic heterocycles. The van der Waals surface area contributed by atoms with Crippen molar-refractivity contribution in [1.29, 1.82) is 0 Å². The van der Waals surface area contributed by atoms with E-state index in [1.165, 1.54) is 0 Å². The molecule has 25 heavy (non-hydrogen) atoms. The third-order valence-corrected chi connectivity index (χ3v) is 4.71. The molecule has 0 bridgehead atoms. The number of carbonyl (C=O) groups is 2. The van der Waals surface area contributed by atoms with Crippen molar-refractivity contribution < 1.29 is 19.1 Å². The van der Waals surface area contributed by atoms with Crippen molar-refractivity contribution in [2.24, 2.45) is 0 Å². The van der Waals surface area contributed by atoms with Crippen molar-refractivity contribution in [2.45, 2.75) is 20.8 Å². The van der Waals surface area contributed by atoms with E-state index in [4.69, 9.17) is 9.47 Å². The average Bonchev–Trinajstić information content (AvgIpc) is 2.58. The number of anilines is 1. The molecule has 2 aromatic carbocycles. The van der Waals surface area contributed by atoms with Gasteiger partial charge in [0.25, 0.3) is 5.91 Å². The Kier molecular flexibility index (Phi) is 6.58. The number of halogens is 1. The number of nitrogens with one attached hydrogen (secondary N) is 1. The number of aryl methyl sites for hydroxylation is 2. The molecule has 0 aliphatic heterocycles. The van der Waals surface area contributed by atoms with Gasteiger partial charge in [-0.25, -0.2) is 4.79 Å². The molecule has 132 valence electrons. The van der Waals surface area contributed by atoms with Crippen LogP contribution in [0, 0.1) is 13.8 Å². The second-order valence-corrected chi connectivity index (χ2v) is 6.30. The Bertz CT molecular complexity index is 748. The molecule has 0 fully saturated rings. The summed E-state index contributed by atoms with van der Waals surface area (Å²) < 4.78 is 11.5. The standard InChI is InChI=1S/C19H20BrNO4/c1-4-24-19(23)14-5-7-15(8-6-14)21-17(22)11-25-16-9-12(2)18(20)13(3)10-16/h5-10H,4,11H2,1-3H3,(H,21,22). The van der Waals surface area contributed by atoms with E-state index in [-0.39, 0.29) is 18.5 Å².